The van der Waals surface area contributed by atoms with E-state index in [1.807, 2.05) is 50.2 Å². The lowest BCUT2D eigenvalue weighted by Gasteiger charge is -2.20. The minimum absolute atomic E-state index is 0.0514. The van der Waals surface area contributed by atoms with Crippen LogP contribution in [0.4, 0.5) is 24.5 Å². The number of hydrogen-bond donors (Lipinski definition) is 1. The first-order valence-corrected chi connectivity index (χ1v) is 15.5. The molecule has 0 aliphatic carbocycles. The van der Waals surface area contributed by atoms with Crippen LogP contribution in [0.15, 0.2) is 108 Å². The fourth-order valence-electron chi connectivity index (χ4n) is 4.92. The molecule has 0 spiro atoms. The number of amides is 1. The summed E-state index contributed by atoms with van der Waals surface area (Å²) in [4.78, 5) is 29.4. The number of carbonyl (C=O) groups excluding carboxylic acids is 1. The summed E-state index contributed by atoms with van der Waals surface area (Å²) in [5, 5.41) is 12.8. The van der Waals surface area contributed by atoms with Crippen molar-refractivity contribution in [2.45, 2.75) is 20.0 Å². The number of anilines is 2. The molecule has 47 heavy (non-hydrogen) atoms. The van der Waals surface area contributed by atoms with E-state index in [9.17, 15) is 28.0 Å². The lowest BCUT2D eigenvalue weighted by Crippen LogP contribution is -2.33. The largest absolute Gasteiger partial charge is 0.457 e. The van der Waals surface area contributed by atoms with Gasteiger partial charge in [-0.05, 0) is 86.2 Å². The van der Waals surface area contributed by atoms with Crippen molar-refractivity contribution >= 4 is 40.3 Å². The number of rotatable bonds is 9. The second kappa shape index (κ2) is 14.2. The van der Waals surface area contributed by atoms with Gasteiger partial charge in [0, 0.05) is 24.5 Å². The zero-order valence-electron chi connectivity index (χ0n) is 25.4. The molecular weight excluding hydrogens is 625 g/mol. The van der Waals surface area contributed by atoms with E-state index in [1.54, 1.807) is 48.5 Å². The zero-order valence-corrected chi connectivity index (χ0v) is 26.2. The van der Waals surface area contributed by atoms with Crippen LogP contribution >= 0.6 is 11.3 Å². The van der Waals surface area contributed by atoms with Crippen molar-refractivity contribution in [1.82, 2.24) is 4.57 Å². The molecular formula is C36H29F3N4O3S. The number of alkyl halides is 3. The van der Waals surface area contributed by atoms with Gasteiger partial charge >= 0.3 is 6.18 Å². The first-order valence-electron chi connectivity index (χ1n) is 14.7. The molecule has 0 fully saturated rings. The molecule has 0 saturated carbocycles. The molecule has 5 rings (SSSR count). The van der Waals surface area contributed by atoms with Gasteiger partial charge in [-0.25, -0.2) is 0 Å². The summed E-state index contributed by atoms with van der Waals surface area (Å²) < 4.78 is 48.8. The number of aromatic nitrogens is 1. The summed E-state index contributed by atoms with van der Waals surface area (Å²) in [5.41, 5.74) is -0.972. The maximum absolute atomic E-state index is 14.1. The Labute approximate surface area is 272 Å². The minimum atomic E-state index is -4.81. The number of halogens is 3. The molecule has 238 valence electrons. The molecule has 1 N–H and O–H groups in total. The van der Waals surface area contributed by atoms with Crippen molar-refractivity contribution in [3.05, 3.63) is 134 Å². The topological polar surface area (TPSA) is 87.4 Å². The van der Waals surface area contributed by atoms with Gasteiger partial charge in [0.15, 0.2) is 5.57 Å². The van der Waals surface area contributed by atoms with E-state index in [1.165, 1.54) is 18.2 Å². The lowest BCUT2D eigenvalue weighted by molar-refractivity contribution is -0.137. The van der Waals surface area contributed by atoms with Gasteiger partial charge in [0.05, 0.1) is 15.8 Å². The van der Waals surface area contributed by atoms with Crippen LogP contribution < -0.4 is 29.7 Å². The molecule has 0 atom stereocenters. The summed E-state index contributed by atoms with van der Waals surface area (Å²) in [5.74, 6) is 0.227. The Morgan fingerprint density at radius 1 is 0.915 bits per heavy atom. The van der Waals surface area contributed by atoms with Crippen LogP contribution in [-0.4, -0.2) is 23.6 Å². The number of carbonyl (C=O) groups is 1. The number of thiazole rings is 1. The Kier molecular flexibility index (Phi) is 9.92. The van der Waals surface area contributed by atoms with E-state index in [0.29, 0.717) is 22.7 Å². The monoisotopic (exact) mass is 654 g/mol. The Morgan fingerprint density at radius 3 is 2.15 bits per heavy atom. The first-order chi connectivity index (χ1) is 22.6. The molecule has 1 amide bonds. The van der Waals surface area contributed by atoms with Gasteiger partial charge in [-0.2, -0.15) is 18.4 Å². The molecule has 11 heteroatoms. The van der Waals surface area contributed by atoms with Crippen LogP contribution in [0, 0.1) is 11.3 Å². The van der Waals surface area contributed by atoms with E-state index >= 15 is 0 Å². The van der Waals surface area contributed by atoms with E-state index < -0.39 is 34.5 Å². The molecule has 0 radical (unpaired) electrons. The van der Waals surface area contributed by atoms with Crippen LogP contribution in [0.1, 0.15) is 25.0 Å². The highest BCUT2D eigenvalue weighted by Gasteiger charge is 2.34. The molecule has 0 bridgehead atoms. The van der Waals surface area contributed by atoms with Gasteiger partial charge in [-0.15, -0.1) is 11.3 Å². The number of benzene rings is 4. The van der Waals surface area contributed by atoms with Gasteiger partial charge in [-0.1, -0.05) is 42.5 Å². The van der Waals surface area contributed by atoms with Crippen LogP contribution in [0.2, 0.25) is 0 Å². The summed E-state index contributed by atoms with van der Waals surface area (Å²) in [6.07, 6.45) is -3.27. The molecule has 4 aromatic carbocycles. The maximum atomic E-state index is 14.1. The van der Waals surface area contributed by atoms with Crippen molar-refractivity contribution in [3.8, 4) is 23.3 Å². The molecule has 0 saturated heterocycles. The third-order valence-electron chi connectivity index (χ3n) is 7.24. The minimum Gasteiger partial charge on any atom is -0.457 e. The second-order valence-electron chi connectivity index (χ2n) is 10.2. The van der Waals surface area contributed by atoms with Crippen LogP contribution in [0.3, 0.4) is 0 Å². The quantitative estimate of drug-likeness (QED) is 0.191. The number of ether oxygens (including phenoxy) is 1. The van der Waals surface area contributed by atoms with Crippen molar-refractivity contribution in [3.63, 3.8) is 0 Å². The number of nitrogens with one attached hydrogen (secondary N) is 1. The summed E-state index contributed by atoms with van der Waals surface area (Å²) in [6, 6.07) is 29.2. The fraction of sp³-hybridized carbons (Fsp3) is 0.139. The highest BCUT2D eigenvalue weighted by atomic mass is 32.1. The average Bonchev–Trinajstić information content (AvgIpc) is 3.38. The van der Waals surface area contributed by atoms with Crippen molar-refractivity contribution in [1.29, 1.82) is 5.26 Å². The number of hydrogen-bond acceptors (Lipinski definition) is 6. The zero-order chi connectivity index (χ0) is 33.6. The molecule has 7 nitrogen and oxygen atoms in total. The number of para-hydroxylation sites is 2. The molecule has 5 aromatic rings. The van der Waals surface area contributed by atoms with Crippen molar-refractivity contribution < 1.29 is 22.7 Å². The Bertz CT molecular complexity index is 2100. The lowest BCUT2D eigenvalue weighted by atomic mass is 10.1. The van der Waals surface area contributed by atoms with Crippen LogP contribution in [-0.2, 0) is 11.0 Å². The smallest absolute Gasteiger partial charge is 0.418 e. The Balaban J connectivity index is 1.60. The number of nitrogens with zero attached hydrogens (tertiary/aromatic N) is 3. The first kappa shape index (κ1) is 32.8. The summed E-state index contributed by atoms with van der Waals surface area (Å²) in [7, 11) is 0. The predicted octanol–water partition coefficient (Wildman–Crippen LogP) is 6.70. The summed E-state index contributed by atoms with van der Waals surface area (Å²) in [6.45, 7) is 5.68. The van der Waals surface area contributed by atoms with Crippen molar-refractivity contribution in [2.75, 3.05) is 23.3 Å². The predicted molar refractivity (Wildman–Crippen MR) is 178 cm³/mol. The standard InChI is InChI=1S/C36H29F3N4O3S/c1-3-42(4-2)26-18-14-24(15-19-26)22-32-34(45)43(31-13-9-8-12-30(31)36(37,38)39)35(47-32)29(23-40)33(44)41-25-16-20-28(21-17-25)46-27-10-6-5-7-11-27/h5-22H,3-4H2,1-2H3,(H,41,44). The Morgan fingerprint density at radius 2 is 1.53 bits per heavy atom. The molecule has 1 aromatic heterocycles. The van der Waals surface area contributed by atoms with Gasteiger partial charge in [0.1, 0.15) is 22.2 Å². The normalized spacial score (nSPS) is 12.3. The van der Waals surface area contributed by atoms with Gasteiger partial charge < -0.3 is 15.0 Å². The molecule has 0 aliphatic heterocycles. The average molecular weight is 655 g/mol. The molecule has 0 aliphatic rings. The van der Waals surface area contributed by atoms with Crippen LogP contribution in [0.25, 0.3) is 17.3 Å². The van der Waals surface area contributed by atoms with E-state index in [4.69, 9.17) is 4.74 Å². The molecule has 0 unspecified atom stereocenters. The molecule has 1 heterocycles. The van der Waals surface area contributed by atoms with Crippen molar-refractivity contribution in [2.24, 2.45) is 0 Å². The number of nitriles is 1. The highest BCUT2D eigenvalue weighted by Crippen LogP contribution is 2.33. The second-order valence-corrected chi connectivity index (χ2v) is 11.2. The third-order valence-corrected chi connectivity index (χ3v) is 8.33. The van der Waals surface area contributed by atoms with Gasteiger partial charge in [0.25, 0.3) is 11.5 Å². The highest BCUT2D eigenvalue weighted by molar-refractivity contribution is 7.07. The third kappa shape index (κ3) is 7.45. The van der Waals surface area contributed by atoms with E-state index in [2.05, 4.69) is 10.2 Å². The summed E-state index contributed by atoms with van der Waals surface area (Å²) >= 11 is 0.767. The fourth-order valence-corrected chi connectivity index (χ4v) is 6.01. The maximum Gasteiger partial charge on any atom is 0.418 e. The van der Waals surface area contributed by atoms with Crippen LogP contribution in [0.5, 0.6) is 11.5 Å². The van der Waals surface area contributed by atoms with Gasteiger partial charge in [-0.3, -0.25) is 14.2 Å². The van der Waals surface area contributed by atoms with Gasteiger partial charge in [0.2, 0.25) is 0 Å². The Hall–Kier alpha value is -5.60. The van der Waals surface area contributed by atoms with E-state index in [-0.39, 0.29) is 9.20 Å². The SMILES string of the molecule is CCN(CC)c1ccc(C=c2sc(=C(C#N)C(=O)Nc3ccc(Oc4ccccc4)cc3)n(-c3ccccc3C(F)(F)F)c2=O)cc1. The van der Waals surface area contributed by atoms with E-state index in [0.717, 1.165) is 46.8 Å².